The van der Waals surface area contributed by atoms with Crippen molar-refractivity contribution >= 4 is 22.4 Å². The topological polar surface area (TPSA) is 82.8 Å². The summed E-state index contributed by atoms with van der Waals surface area (Å²) in [5.74, 6) is 0. The maximum Gasteiger partial charge on any atom is 0.115 e. The molecule has 0 aliphatic rings. The van der Waals surface area contributed by atoms with Crippen LogP contribution in [-0.4, -0.2) is 15.0 Å². The van der Waals surface area contributed by atoms with Crippen LogP contribution in [0, 0.1) is 0 Å². The van der Waals surface area contributed by atoms with Gasteiger partial charge in [-0.2, -0.15) is 4.80 Å². The predicted octanol–water partition coefficient (Wildman–Crippen LogP) is 1.58. The van der Waals surface area contributed by atoms with Crippen molar-refractivity contribution in [2.75, 3.05) is 11.5 Å². The van der Waals surface area contributed by atoms with Gasteiger partial charge in [0.25, 0.3) is 0 Å². The lowest BCUT2D eigenvalue weighted by atomic mass is 10.3. The van der Waals surface area contributed by atoms with Crippen LogP contribution in [0.2, 0.25) is 0 Å². The van der Waals surface area contributed by atoms with E-state index in [9.17, 15) is 0 Å². The van der Waals surface area contributed by atoms with E-state index in [1.54, 1.807) is 16.9 Å². The molecule has 84 valence electrons. The second-order valence-electron chi connectivity index (χ2n) is 3.83. The number of rotatable bonds is 1. The number of nitrogens with two attached hydrogens (primary N) is 2. The van der Waals surface area contributed by atoms with Gasteiger partial charge in [0.05, 0.1) is 5.69 Å². The monoisotopic (exact) mass is 225 g/mol. The molecular formula is C12H11N5. The molecule has 0 bridgehead atoms. The molecule has 5 heteroatoms. The molecule has 17 heavy (non-hydrogen) atoms. The first-order chi connectivity index (χ1) is 8.22. The Morgan fingerprint density at radius 2 is 1.59 bits per heavy atom. The molecule has 5 nitrogen and oxygen atoms in total. The molecule has 0 atom stereocenters. The average molecular weight is 225 g/mol. The molecule has 0 radical (unpaired) electrons. The fourth-order valence-corrected chi connectivity index (χ4v) is 1.70. The SMILES string of the molecule is Nc1cccc(-n2nc3ccc(N)cc3n2)c1. The standard InChI is InChI=1S/C12H11N5/c13-8-2-1-3-10(6-8)17-15-11-5-4-9(14)7-12(11)16-17/h1-7H,13-14H2. The van der Waals surface area contributed by atoms with E-state index in [1.807, 2.05) is 30.3 Å². The van der Waals surface area contributed by atoms with E-state index in [0.717, 1.165) is 16.7 Å². The van der Waals surface area contributed by atoms with E-state index in [0.29, 0.717) is 11.4 Å². The van der Waals surface area contributed by atoms with Gasteiger partial charge in [-0.3, -0.25) is 0 Å². The van der Waals surface area contributed by atoms with Crippen LogP contribution in [0.5, 0.6) is 0 Å². The van der Waals surface area contributed by atoms with Gasteiger partial charge in [0.1, 0.15) is 11.0 Å². The van der Waals surface area contributed by atoms with E-state index in [1.165, 1.54) is 0 Å². The predicted molar refractivity (Wildman–Crippen MR) is 67.7 cm³/mol. The van der Waals surface area contributed by atoms with Crippen molar-refractivity contribution in [2.24, 2.45) is 0 Å². The summed E-state index contributed by atoms with van der Waals surface area (Å²) >= 11 is 0. The van der Waals surface area contributed by atoms with Crippen LogP contribution in [0.3, 0.4) is 0 Å². The minimum atomic E-state index is 0.678. The third kappa shape index (κ3) is 1.67. The summed E-state index contributed by atoms with van der Waals surface area (Å²) in [7, 11) is 0. The zero-order valence-electron chi connectivity index (χ0n) is 9.04. The van der Waals surface area contributed by atoms with Gasteiger partial charge in [-0.15, -0.1) is 10.2 Å². The molecule has 4 N–H and O–H groups in total. The highest BCUT2D eigenvalue weighted by atomic mass is 15.5. The Bertz CT molecular complexity index is 686. The third-order valence-electron chi connectivity index (χ3n) is 2.51. The molecule has 3 rings (SSSR count). The molecule has 2 aromatic carbocycles. The molecule has 0 amide bonds. The molecule has 1 heterocycles. The Kier molecular flexibility index (Phi) is 1.98. The van der Waals surface area contributed by atoms with Crippen molar-refractivity contribution in [1.82, 2.24) is 15.0 Å². The zero-order chi connectivity index (χ0) is 11.8. The number of anilines is 2. The first-order valence-electron chi connectivity index (χ1n) is 5.21. The van der Waals surface area contributed by atoms with Crippen LogP contribution in [-0.2, 0) is 0 Å². The first kappa shape index (κ1) is 9.65. The summed E-state index contributed by atoms with van der Waals surface area (Å²) in [6.45, 7) is 0. The van der Waals surface area contributed by atoms with Crippen molar-refractivity contribution in [1.29, 1.82) is 0 Å². The fourth-order valence-electron chi connectivity index (χ4n) is 1.70. The van der Waals surface area contributed by atoms with Crippen LogP contribution in [0.25, 0.3) is 16.7 Å². The smallest absolute Gasteiger partial charge is 0.115 e. The Morgan fingerprint density at radius 3 is 2.41 bits per heavy atom. The lowest BCUT2D eigenvalue weighted by Gasteiger charge is -1.99. The molecule has 3 aromatic rings. The summed E-state index contributed by atoms with van der Waals surface area (Å²) in [6, 6.07) is 12.9. The number of hydrogen-bond acceptors (Lipinski definition) is 4. The Morgan fingerprint density at radius 1 is 0.824 bits per heavy atom. The summed E-state index contributed by atoms with van der Waals surface area (Å²) in [5, 5.41) is 8.71. The summed E-state index contributed by atoms with van der Waals surface area (Å²) < 4.78 is 0. The van der Waals surface area contributed by atoms with Gasteiger partial charge >= 0.3 is 0 Å². The van der Waals surface area contributed by atoms with Crippen LogP contribution in [0.1, 0.15) is 0 Å². The van der Waals surface area contributed by atoms with Gasteiger partial charge in [-0.1, -0.05) is 6.07 Å². The summed E-state index contributed by atoms with van der Waals surface area (Å²) in [4.78, 5) is 1.56. The minimum Gasteiger partial charge on any atom is -0.399 e. The second kappa shape index (κ2) is 3.48. The van der Waals surface area contributed by atoms with Crippen LogP contribution in [0.4, 0.5) is 11.4 Å². The Balaban J connectivity index is 2.18. The highest BCUT2D eigenvalue weighted by Crippen LogP contribution is 2.16. The van der Waals surface area contributed by atoms with E-state index in [2.05, 4.69) is 10.2 Å². The van der Waals surface area contributed by atoms with Gasteiger partial charge in [-0.25, -0.2) is 0 Å². The lowest BCUT2D eigenvalue weighted by Crippen LogP contribution is -1.99. The molecule has 0 saturated carbocycles. The zero-order valence-corrected chi connectivity index (χ0v) is 9.04. The van der Waals surface area contributed by atoms with Crippen molar-refractivity contribution in [2.45, 2.75) is 0 Å². The molecule has 0 aliphatic heterocycles. The highest BCUT2D eigenvalue weighted by Gasteiger charge is 2.04. The number of nitrogen functional groups attached to an aromatic ring is 2. The van der Waals surface area contributed by atoms with Crippen molar-refractivity contribution in [3.8, 4) is 5.69 Å². The van der Waals surface area contributed by atoms with Gasteiger partial charge in [-0.05, 0) is 36.4 Å². The molecule has 1 aromatic heterocycles. The summed E-state index contributed by atoms with van der Waals surface area (Å²) in [5.41, 5.74) is 15.2. The van der Waals surface area contributed by atoms with Crippen molar-refractivity contribution < 1.29 is 0 Å². The highest BCUT2D eigenvalue weighted by molar-refractivity contribution is 5.77. The quantitative estimate of drug-likeness (QED) is 0.616. The molecule has 0 spiro atoms. The van der Waals surface area contributed by atoms with E-state index >= 15 is 0 Å². The Labute approximate surface area is 97.6 Å². The Hall–Kier alpha value is -2.56. The molecule has 0 unspecified atom stereocenters. The number of fused-ring (bicyclic) bond motifs is 1. The molecule has 0 saturated heterocycles. The number of hydrogen-bond donors (Lipinski definition) is 2. The number of aromatic nitrogens is 3. The van der Waals surface area contributed by atoms with Gasteiger partial charge in [0, 0.05) is 11.4 Å². The van der Waals surface area contributed by atoms with E-state index in [4.69, 9.17) is 11.5 Å². The van der Waals surface area contributed by atoms with Gasteiger partial charge in [0.15, 0.2) is 0 Å². The van der Waals surface area contributed by atoms with Crippen molar-refractivity contribution in [3.05, 3.63) is 42.5 Å². The maximum atomic E-state index is 5.73. The minimum absolute atomic E-state index is 0.678. The van der Waals surface area contributed by atoms with Crippen molar-refractivity contribution in [3.63, 3.8) is 0 Å². The fraction of sp³-hybridized carbons (Fsp3) is 0. The van der Waals surface area contributed by atoms with Gasteiger partial charge < -0.3 is 11.5 Å². The van der Waals surface area contributed by atoms with Crippen LogP contribution >= 0.6 is 0 Å². The van der Waals surface area contributed by atoms with Gasteiger partial charge in [0.2, 0.25) is 0 Å². The van der Waals surface area contributed by atoms with E-state index < -0.39 is 0 Å². The third-order valence-corrected chi connectivity index (χ3v) is 2.51. The molecule has 0 aliphatic carbocycles. The molecular weight excluding hydrogens is 214 g/mol. The summed E-state index contributed by atoms with van der Waals surface area (Å²) in [6.07, 6.45) is 0. The normalized spacial score (nSPS) is 10.8. The number of benzene rings is 2. The van der Waals surface area contributed by atoms with Crippen LogP contribution < -0.4 is 11.5 Å². The number of nitrogens with zero attached hydrogens (tertiary/aromatic N) is 3. The largest absolute Gasteiger partial charge is 0.399 e. The van der Waals surface area contributed by atoms with Crippen LogP contribution in [0.15, 0.2) is 42.5 Å². The molecule has 0 fully saturated rings. The first-order valence-corrected chi connectivity index (χ1v) is 5.21. The second-order valence-corrected chi connectivity index (χ2v) is 3.83. The van der Waals surface area contributed by atoms with E-state index in [-0.39, 0.29) is 0 Å². The maximum absolute atomic E-state index is 5.73. The lowest BCUT2D eigenvalue weighted by molar-refractivity contribution is 0.766. The average Bonchev–Trinajstić information content (AvgIpc) is 2.72.